The van der Waals surface area contributed by atoms with E-state index in [1.807, 2.05) is 25.1 Å². The summed E-state index contributed by atoms with van der Waals surface area (Å²) in [5.74, 6) is -0.177. The van der Waals surface area contributed by atoms with E-state index in [4.69, 9.17) is 19.1 Å². The number of aliphatic carboxylic acids is 1. The lowest BCUT2D eigenvalue weighted by atomic mass is 9.71. The molecule has 2 aliphatic carbocycles. The molecule has 1 aromatic carbocycles. The van der Waals surface area contributed by atoms with Crippen molar-refractivity contribution in [2.45, 2.75) is 98.7 Å². The molecule has 2 saturated carbocycles. The maximum atomic E-state index is 14.9. The fourth-order valence-electron chi connectivity index (χ4n) is 4.76. The highest BCUT2D eigenvalue weighted by Gasteiger charge is 2.48. The Balaban J connectivity index is 0.00000115. The van der Waals surface area contributed by atoms with Crippen LogP contribution in [0.4, 0.5) is 4.39 Å². The molecule has 0 saturated heterocycles. The van der Waals surface area contributed by atoms with Crippen LogP contribution in [-0.4, -0.2) is 27.3 Å². The Morgan fingerprint density at radius 3 is 2.45 bits per heavy atom. The summed E-state index contributed by atoms with van der Waals surface area (Å²) in [6.45, 7) is 11.0. The molecule has 2 aromatic heterocycles. The molecular weight excluding hydrogens is 511 g/mol. The van der Waals surface area contributed by atoms with Crippen LogP contribution >= 0.6 is 0 Å². The number of carboxylic acid groups (broad SMARTS) is 1. The van der Waals surface area contributed by atoms with Gasteiger partial charge in [-0.05, 0) is 60.3 Å². The number of carbonyl (C=O) groups is 1. The van der Waals surface area contributed by atoms with E-state index >= 15 is 0 Å². The summed E-state index contributed by atoms with van der Waals surface area (Å²) < 4.78 is 33.1. The summed E-state index contributed by atoms with van der Waals surface area (Å²) in [6.07, 6.45) is 8.39. The number of ether oxygens (including phenoxy) is 2. The number of rotatable bonds is 10. The highest BCUT2D eigenvalue weighted by molar-refractivity contribution is 5.67. The molecule has 3 aromatic rings. The van der Waals surface area contributed by atoms with E-state index in [1.165, 1.54) is 25.5 Å². The number of carboxylic acids is 1. The molecule has 1 N–H and O–H groups in total. The minimum Gasteiger partial charge on any atom is -0.487 e. The van der Waals surface area contributed by atoms with Gasteiger partial charge < -0.3 is 19.1 Å². The minimum atomic E-state index is -0.851. The average molecular weight is 553 g/mol. The fraction of sp³-hybridized carbons (Fsp3) is 0.531. The zero-order valence-corrected chi connectivity index (χ0v) is 24.3. The lowest BCUT2D eigenvalue weighted by Crippen LogP contribution is -2.25. The molecule has 0 amide bonds. The molecule has 0 unspecified atom stereocenters. The second-order valence-corrected chi connectivity index (χ2v) is 12.1. The van der Waals surface area contributed by atoms with Gasteiger partial charge in [0, 0.05) is 12.1 Å². The normalized spacial score (nSPS) is 17.1. The predicted molar refractivity (Wildman–Crippen MR) is 151 cm³/mol. The molecule has 0 radical (unpaired) electrons. The number of benzene rings is 1. The number of hydrogen-bond donors (Lipinski definition) is 1. The van der Waals surface area contributed by atoms with Crippen molar-refractivity contribution in [1.82, 2.24) is 10.1 Å². The Hall–Kier alpha value is -3.42. The third-order valence-electron chi connectivity index (χ3n) is 8.08. The molecule has 40 heavy (non-hydrogen) atoms. The van der Waals surface area contributed by atoms with E-state index in [1.54, 1.807) is 12.1 Å². The highest BCUT2D eigenvalue weighted by atomic mass is 19.1. The van der Waals surface area contributed by atoms with Crippen LogP contribution in [0.15, 0.2) is 41.1 Å². The fourth-order valence-corrected chi connectivity index (χ4v) is 4.76. The average Bonchev–Trinajstić information content (AvgIpc) is 3.71. The molecule has 216 valence electrons. The van der Waals surface area contributed by atoms with Crippen molar-refractivity contribution in [3.63, 3.8) is 0 Å². The summed E-state index contributed by atoms with van der Waals surface area (Å²) in [5, 5.41) is 13.2. The molecule has 5 rings (SSSR count). The van der Waals surface area contributed by atoms with E-state index in [0.717, 1.165) is 24.1 Å². The molecule has 7 nitrogen and oxygen atoms in total. The van der Waals surface area contributed by atoms with Crippen molar-refractivity contribution in [2.24, 2.45) is 10.8 Å². The third-order valence-corrected chi connectivity index (χ3v) is 8.08. The number of aromatic nitrogens is 2. The number of aryl methyl sites for hydroxylation is 2. The lowest BCUT2D eigenvalue weighted by Gasteiger charge is -2.33. The summed E-state index contributed by atoms with van der Waals surface area (Å²) in [4.78, 5) is 15.0. The van der Waals surface area contributed by atoms with Gasteiger partial charge in [-0.15, -0.1) is 0 Å². The first kappa shape index (κ1) is 29.6. The molecule has 2 heterocycles. The highest BCUT2D eigenvalue weighted by Crippen LogP contribution is 2.53. The number of nitrogens with zero attached hydrogens (tertiary/aromatic N) is 2. The van der Waals surface area contributed by atoms with Crippen LogP contribution in [0.3, 0.4) is 0 Å². The van der Waals surface area contributed by atoms with Gasteiger partial charge in [0.25, 0.3) is 0 Å². The van der Waals surface area contributed by atoms with Crippen molar-refractivity contribution in [3.8, 4) is 22.8 Å². The maximum absolute atomic E-state index is 14.9. The second-order valence-electron chi connectivity index (χ2n) is 12.1. The summed E-state index contributed by atoms with van der Waals surface area (Å²) in [6, 6.07) is 8.95. The Morgan fingerprint density at radius 1 is 1.12 bits per heavy atom. The minimum absolute atomic E-state index is 0.0411. The molecule has 0 spiro atoms. The number of hydrogen-bond acceptors (Lipinski definition) is 6. The van der Waals surface area contributed by atoms with Gasteiger partial charge in [0.05, 0.1) is 11.8 Å². The maximum Gasteiger partial charge on any atom is 0.303 e. The molecule has 0 atom stereocenters. The van der Waals surface area contributed by atoms with Gasteiger partial charge in [0.2, 0.25) is 5.76 Å². The second kappa shape index (κ2) is 12.4. The first-order valence-electron chi connectivity index (χ1n) is 14.2. The first-order valence-corrected chi connectivity index (χ1v) is 14.2. The van der Waals surface area contributed by atoms with Crippen molar-refractivity contribution < 1.29 is 28.3 Å². The van der Waals surface area contributed by atoms with Gasteiger partial charge in [-0.3, -0.25) is 9.78 Å². The van der Waals surface area contributed by atoms with E-state index in [-0.39, 0.29) is 41.3 Å². The van der Waals surface area contributed by atoms with Crippen LogP contribution in [-0.2, 0) is 24.2 Å². The standard InChI is InChI=1S/C29H35FN2O5.C3H6/c1-6-19-13-22(23(30)16-31-19)26-27(36-21-14-28(2,3)29(4,5)15-21)24(32-37-26)17-35-20-9-7-8-18(12-20)10-11-25(33)34;1-2-3-1/h7-9,12-13,16,21H,6,10-11,14-15,17H2,1-5H3,(H,33,34);1-3H2. The van der Waals surface area contributed by atoms with Crippen LogP contribution in [0.5, 0.6) is 11.5 Å². The Bertz CT molecular complexity index is 1300. The lowest BCUT2D eigenvalue weighted by molar-refractivity contribution is -0.136. The van der Waals surface area contributed by atoms with Gasteiger partial charge in [-0.2, -0.15) is 0 Å². The van der Waals surface area contributed by atoms with Crippen LogP contribution in [0.25, 0.3) is 11.3 Å². The van der Waals surface area contributed by atoms with E-state index in [0.29, 0.717) is 30.0 Å². The SMILES string of the molecule is C1CC1.CCc1cc(-c2onc(COc3cccc(CCC(=O)O)c3)c2OC2CC(C)(C)C(C)(C)C2)c(F)cn1. The van der Waals surface area contributed by atoms with E-state index in [2.05, 4.69) is 37.8 Å². The largest absolute Gasteiger partial charge is 0.487 e. The summed E-state index contributed by atoms with van der Waals surface area (Å²) in [7, 11) is 0. The third kappa shape index (κ3) is 7.40. The Kier molecular flexibility index (Phi) is 9.16. The predicted octanol–water partition coefficient (Wildman–Crippen LogP) is 7.80. The quantitative estimate of drug-likeness (QED) is 0.274. The first-order chi connectivity index (χ1) is 19.0. The molecule has 0 aliphatic heterocycles. The van der Waals surface area contributed by atoms with Crippen molar-refractivity contribution in [3.05, 3.63) is 59.3 Å². The Morgan fingerprint density at radius 2 is 1.82 bits per heavy atom. The van der Waals surface area contributed by atoms with Crippen LogP contribution < -0.4 is 9.47 Å². The van der Waals surface area contributed by atoms with Gasteiger partial charge in [-0.25, -0.2) is 4.39 Å². The monoisotopic (exact) mass is 552 g/mol. The molecule has 8 heteroatoms. The van der Waals surface area contributed by atoms with Crippen molar-refractivity contribution in [1.29, 1.82) is 0 Å². The van der Waals surface area contributed by atoms with Crippen LogP contribution in [0.1, 0.15) is 90.1 Å². The Labute approximate surface area is 236 Å². The smallest absolute Gasteiger partial charge is 0.303 e. The number of halogens is 1. The summed E-state index contributed by atoms with van der Waals surface area (Å²) >= 11 is 0. The van der Waals surface area contributed by atoms with Crippen LogP contribution in [0.2, 0.25) is 0 Å². The summed E-state index contributed by atoms with van der Waals surface area (Å²) in [5.41, 5.74) is 2.42. The van der Waals surface area contributed by atoms with Crippen molar-refractivity contribution >= 4 is 5.97 Å². The zero-order chi connectivity index (χ0) is 28.9. The van der Waals surface area contributed by atoms with E-state index in [9.17, 15) is 9.18 Å². The number of pyridine rings is 1. The zero-order valence-electron chi connectivity index (χ0n) is 24.3. The van der Waals surface area contributed by atoms with Gasteiger partial charge in [0.15, 0.2) is 17.3 Å². The molecule has 2 fully saturated rings. The van der Waals surface area contributed by atoms with Crippen molar-refractivity contribution in [2.75, 3.05) is 0 Å². The van der Waals surface area contributed by atoms with Gasteiger partial charge in [0.1, 0.15) is 18.5 Å². The topological polar surface area (TPSA) is 94.7 Å². The molecule has 2 aliphatic rings. The van der Waals surface area contributed by atoms with Gasteiger partial charge in [-0.1, -0.05) is 71.2 Å². The van der Waals surface area contributed by atoms with Gasteiger partial charge >= 0.3 is 5.97 Å². The van der Waals surface area contributed by atoms with Crippen LogP contribution in [0, 0.1) is 16.6 Å². The molecule has 0 bridgehead atoms. The van der Waals surface area contributed by atoms with E-state index < -0.39 is 11.8 Å². The molecular formula is C32H41FN2O5.